The Kier molecular flexibility index (Phi) is 6.37. The predicted octanol–water partition coefficient (Wildman–Crippen LogP) is 1.78. The summed E-state index contributed by atoms with van der Waals surface area (Å²) in [5.74, 6) is -0.707. The van der Waals surface area contributed by atoms with Crippen LogP contribution in [0.1, 0.15) is 38.3 Å². The standard InChI is InChI=1S/C16H24N2O3/c1-4-16(5-2,11-17)15(20)18-13(14(19)21-3)12-9-7-6-8-10-12/h6-10,13H,4-5,11,17H2,1-3H3,(H,18,20). The van der Waals surface area contributed by atoms with Gasteiger partial charge in [-0.2, -0.15) is 0 Å². The first-order chi connectivity index (χ1) is 10.0. The number of nitrogens with one attached hydrogen (secondary N) is 1. The maximum absolute atomic E-state index is 12.6. The van der Waals surface area contributed by atoms with E-state index in [1.165, 1.54) is 7.11 Å². The largest absolute Gasteiger partial charge is 0.467 e. The van der Waals surface area contributed by atoms with Crippen molar-refractivity contribution in [3.8, 4) is 0 Å². The van der Waals surface area contributed by atoms with Crippen molar-refractivity contribution < 1.29 is 14.3 Å². The fourth-order valence-corrected chi connectivity index (χ4v) is 2.28. The van der Waals surface area contributed by atoms with Crippen LogP contribution in [-0.4, -0.2) is 25.5 Å². The number of rotatable bonds is 7. The third-order valence-corrected chi connectivity index (χ3v) is 4.07. The van der Waals surface area contributed by atoms with E-state index in [4.69, 9.17) is 10.5 Å². The van der Waals surface area contributed by atoms with E-state index in [0.29, 0.717) is 18.4 Å². The van der Waals surface area contributed by atoms with E-state index < -0.39 is 17.4 Å². The molecular weight excluding hydrogens is 268 g/mol. The van der Waals surface area contributed by atoms with Crippen molar-refractivity contribution >= 4 is 11.9 Å². The SMILES string of the molecule is CCC(CC)(CN)C(=O)NC(C(=O)OC)c1ccccc1. The van der Waals surface area contributed by atoms with Gasteiger partial charge in [-0.1, -0.05) is 44.2 Å². The van der Waals surface area contributed by atoms with Gasteiger partial charge in [0.2, 0.25) is 5.91 Å². The Balaban J connectivity index is 3.02. The normalized spacial score (nSPS) is 12.6. The lowest BCUT2D eigenvalue weighted by atomic mass is 9.81. The summed E-state index contributed by atoms with van der Waals surface area (Å²) in [4.78, 5) is 24.5. The molecule has 1 rings (SSSR count). The molecule has 1 amide bonds. The van der Waals surface area contributed by atoms with Gasteiger partial charge >= 0.3 is 5.97 Å². The van der Waals surface area contributed by atoms with Gasteiger partial charge in [-0.05, 0) is 18.4 Å². The molecule has 21 heavy (non-hydrogen) atoms. The molecule has 0 heterocycles. The Hall–Kier alpha value is -1.88. The number of nitrogens with two attached hydrogens (primary N) is 1. The van der Waals surface area contributed by atoms with E-state index in [2.05, 4.69) is 5.32 Å². The average Bonchev–Trinajstić information content (AvgIpc) is 2.55. The first-order valence-electron chi connectivity index (χ1n) is 7.18. The second-order valence-corrected chi connectivity index (χ2v) is 5.03. The van der Waals surface area contributed by atoms with Gasteiger partial charge in [-0.25, -0.2) is 4.79 Å². The van der Waals surface area contributed by atoms with Crippen molar-refractivity contribution in [1.29, 1.82) is 0 Å². The van der Waals surface area contributed by atoms with Crippen molar-refractivity contribution in [2.45, 2.75) is 32.7 Å². The van der Waals surface area contributed by atoms with Gasteiger partial charge in [-0.3, -0.25) is 4.79 Å². The van der Waals surface area contributed by atoms with E-state index in [9.17, 15) is 9.59 Å². The van der Waals surface area contributed by atoms with Crippen LogP contribution < -0.4 is 11.1 Å². The first-order valence-corrected chi connectivity index (χ1v) is 7.18. The van der Waals surface area contributed by atoms with E-state index in [1.807, 2.05) is 32.0 Å². The minimum atomic E-state index is -0.812. The molecular formula is C16H24N2O3. The summed E-state index contributed by atoms with van der Waals surface area (Å²) in [6.45, 7) is 4.09. The molecule has 5 heteroatoms. The summed E-state index contributed by atoms with van der Waals surface area (Å²) >= 11 is 0. The number of benzene rings is 1. The molecule has 0 radical (unpaired) electrons. The monoisotopic (exact) mass is 292 g/mol. The molecule has 0 saturated heterocycles. The molecule has 0 aliphatic carbocycles. The van der Waals surface area contributed by atoms with Crippen LogP contribution in [0.4, 0.5) is 0 Å². The quantitative estimate of drug-likeness (QED) is 0.751. The highest BCUT2D eigenvalue weighted by molar-refractivity contribution is 5.88. The number of esters is 1. The smallest absolute Gasteiger partial charge is 0.333 e. The highest BCUT2D eigenvalue weighted by atomic mass is 16.5. The van der Waals surface area contributed by atoms with Crippen LogP contribution in [0.5, 0.6) is 0 Å². The van der Waals surface area contributed by atoms with Crippen LogP contribution in [0.15, 0.2) is 30.3 Å². The number of ether oxygens (including phenoxy) is 1. The van der Waals surface area contributed by atoms with Crippen molar-refractivity contribution in [1.82, 2.24) is 5.32 Å². The summed E-state index contributed by atoms with van der Waals surface area (Å²) in [5, 5.41) is 2.78. The third kappa shape index (κ3) is 3.82. The molecule has 1 aromatic carbocycles. The molecule has 0 aromatic heterocycles. The highest BCUT2D eigenvalue weighted by Crippen LogP contribution is 2.27. The molecule has 5 nitrogen and oxygen atoms in total. The van der Waals surface area contributed by atoms with Crippen LogP contribution in [0.25, 0.3) is 0 Å². The lowest BCUT2D eigenvalue weighted by molar-refractivity contribution is -0.147. The van der Waals surface area contributed by atoms with Gasteiger partial charge in [0.1, 0.15) is 0 Å². The van der Waals surface area contributed by atoms with Gasteiger partial charge in [-0.15, -0.1) is 0 Å². The highest BCUT2D eigenvalue weighted by Gasteiger charge is 2.36. The zero-order valence-electron chi connectivity index (χ0n) is 12.9. The molecule has 0 fully saturated rings. The predicted molar refractivity (Wildman–Crippen MR) is 81.4 cm³/mol. The second-order valence-electron chi connectivity index (χ2n) is 5.03. The molecule has 1 unspecified atom stereocenters. The molecule has 1 aromatic rings. The fraction of sp³-hybridized carbons (Fsp3) is 0.500. The number of carbonyl (C=O) groups is 2. The zero-order chi connectivity index (χ0) is 15.9. The minimum absolute atomic E-state index is 0.214. The lowest BCUT2D eigenvalue weighted by Crippen LogP contribution is -2.48. The minimum Gasteiger partial charge on any atom is -0.467 e. The van der Waals surface area contributed by atoms with Gasteiger partial charge in [0.25, 0.3) is 0 Å². The molecule has 0 saturated carbocycles. The lowest BCUT2D eigenvalue weighted by Gasteiger charge is -2.30. The molecule has 0 bridgehead atoms. The van der Waals surface area contributed by atoms with Gasteiger partial charge in [0, 0.05) is 6.54 Å². The Bertz CT molecular complexity index is 461. The third-order valence-electron chi connectivity index (χ3n) is 4.07. The molecule has 3 N–H and O–H groups in total. The zero-order valence-corrected chi connectivity index (χ0v) is 12.9. The molecule has 116 valence electrons. The summed E-state index contributed by atoms with van der Waals surface area (Å²) < 4.78 is 4.80. The average molecular weight is 292 g/mol. The van der Waals surface area contributed by atoms with Gasteiger partial charge in [0.05, 0.1) is 12.5 Å². The second kappa shape index (κ2) is 7.78. The topological polar surface area (TPSA) is 81.4 Å². The van der Waals surface area contributed by atoms with Gasteiger partial charge in [0.15, 0.2) is 6.04 Å². The van der Waals surface area contributed by atoms with Crippen LogP contribution in [0.2, 0.25) is 0 Å². The van der Waals surface area contributed by atoms with E-state index >= 15 is 0 Å². The first kappa shape index (κ1) is 17.2. The number of hydrogen-bond acceptors (Lipinski definition) is 4. The molecule has 0 spiro atoms. The van der Waals surface area contributed by atoms with Crippen LogP contribution in [-0.2, 0) is 14.3 Å². The van der Waals surface area contributed by atoms with E-state index in [0.717, 1.165) is 0 Å². The number of methoxy groups -OCH3 is 1. The summed E-state index contributed by atoms with van der Waals surface area (Å²) in [5.41, 5.74) is 5.81. The Morgan fingerprint density at radius 3 is 2.24 bits per heavy atom. The molecule has 1 atom stereocenters. The Labute approximate surface area is 125 Å². The number of hydrogen-bond donors (Lipinski definition) is 2. The van der Waals surface area contributed by atoms with Crippen molar-refractivity contribution in [2.24, 2.45) is 11.1 Å². The molecule has 0 aliphatic rings. The summed E-state index contributed by atoms with van der Waals surface area (Å²) in [6.07, 6.45) is 1.24. The van der Waals surface area contributed by atoms with Crippen LogP contribution >= 0.6 is 0 Å². The van der Waals surface area contributed by atoms with Crippen molar-refractivity contribution in [3.05, 3.63) is 35.9 Å². The Morgan fingerprint density at radius 2 is 1.81 bits per heavy atom. The van der Waals surface area contributed by atoms with E-state index in [1.54, 1.807) is 12.1 Å². The Morgan fingerprint density at radius 1 is 1.24 bits per heavy atom. The van der Waals surface area contributed by atoms with E-state index in [-0.39, 0.29) is 12.5 Å². The van der Waals surface area contributed by atoms with Crippen LogP contribution in [0, 0.1) is 5.41 Å². The summed E-state index contributed by atoms with van der Waals surface area (Å²) in [6, 6.07) is 8.23. The van der Waals surface area contributed by atoms with Crippen LogP contribution in [0.3, 0.4) is 0 Å². The fourth-order valence-electron chi connectivity index (χ4n) is 2.28. The summed E-state index contributed by atoms with van der Waals surface area (Å²) in [7, 11) is 1.31. The van der Waals surface area contributed by atoms with Crippen molar-refractivity contribution in [3.63, 3.8) is 0 Å². The molecule has 0 aliphatic heterocycles. The number of carbonyl (C=O) groups excluding carboxylic acids is 2. The maximum atomic E-state index is 12.6. The maximum Gasteiger partial charge on any atom is 0.333 e. The van der Waals surface area contributed by atoms with Crippen molar-refractivity contribution in [2.75, 3.05) is 13.7 Å². The van der Waals surface area contributed by atoms with Gasteiger partial charge < -0.3 is 15.8 Å². The number of amides is 1.